The average Bonchev–Trinajstić information content (AvgIpc) is 3.54. The maximum atomic E-state index is 14.2. The molecule has 0 spiro atoms. The summed E-state index contributed by atoms with van der Waals surface area (Å²) in [5.74, 6) is -2.89. The van der Waals surface area contributed by atoms with E-state index in [9.17, 15) is 14.4 Å². The highest BCUT2D eigenvalue weighted by molar-refractivity contribution is 6.31. The van der Waals surface area contributed by atoms with Gasteiger partial charge >= 0.3 is 5.97 Å². The quantitative estimate of drug-likeness (QED) is 0.180. The third kappa shape index (κ3) is 3.21. The smallest absolute Gasteiger partial charge is 0.319 e. The number of fused-ring (bicyclic) bond motifs is 8. The molecule has 2 amide bonds. The highest BCUT2D eigenvalue weighted by Crippen LogP contribution is 2.56. The van der Waals surface area contributed by atoms with Gasteiger partial charge in [0.15, 0.2) is 11.5 Å². The molecule has 1 saturated heterocycles. The lowest BCUT2D eigenvalue weighted by molar-refractivity contribution is -0.142. The fraction of sp³-hybridized carbons (Fsp3) is 0.156. The van der Waals surface area contributed by atoms with Crippen LogP contribution in [-0.4, -0.2) is 24.6 Å². The molecule has 0 saturated carbocycles. The van der Waals surface area contributed by atoms with Gasteiger partial charge < -0.3 is 14.2 Å². The lowest BCUT2D eigenvalue weighted by atomic mass is 9.64. The van der Waals surface area contributed by atoms with Crippen LogP contribution in [0.3, 0.4) is 0 Å². The van der Waals surface area contributed by atoms with Gasteiger partial charge in [-0.05, 0) is 64.4 Å². The Morgan fingerprint density at radius 1 is 0.775 bits per heavy atom. The van der Waals surface area contributed by atoms with Crippen LogP contribution >= 0.6 is 11.6 Å². The van der Waals surface area contributed by atoms with Gasteiger partial charge in [-0.3, -0.25) is 14.4 Å². The van der Waals surface area contributed by atoms with Crippen molar-refractivity contribution in [3.05, 3.63) is 101 Å². The molecule has 3 heterocycles. The molecule has 4 aliphatic rings. The third-order valence-electron chi connectivity index (χ3n) is 8.35. The fourth-order valence-corrected chi connectivity index (χ4v) is 6.75. The molecule has 0 N–H and O–H groups in total. The number of benzene rings is 4. The van der Waals surface area contributed by atoms with Crippen LogP contribution in [0, 0.1) is 17.8 Å². The number of imide groups is 1. The molecule has 0 unspecified atom stereocenters. The highest BCUT2D eigenvalue weighted by Gasteiger charge is 2.60. The van der Waals surface area contributed by atoms with Crippen LogP contribution in [0.4, 0.5) is 5.69 Å². The molecule has 3 aliphatic heterocycles. The molecule has 4 aromatic carbocycles. The molecule has 0 aromatic heterocycles. The topological polar surface area (TPSA) is 82.1 Å². The van der Waals surface area contributed by atoms with Crippen LogP contribution in [-0.2, 0) is 14.4 Å². The zero-order valence-electron chi connectivity index (χ0n) is 20.9. The number of carbonyl (C=O) groups is 3. The molecule has 40 heavy (non-hydrogen) atoms. The molecule has 0 bridgehead atoms. The first-order chi connectivity index (χ1) is 19.5. The number of hydrogen-bond acceptors (Lipinski definition) is 6. The Morgan fingerprint density at radius 2 is 1.52 bits per heavy atom. The summed E-state index contributed by atoms with van der Waals surface area (Å²) in [6.07, 6.45) is 1.98. The van der Waals surface area contributed by atoms with Crippen LogP contribution in [0.5, 0.6) is 17.2 Å². The van der Waals surface area contributed by atoms with Gasteiger partial charge in [0, 0.05) is 16.5 Å². The Bertz CT molecular complexity index is 1810. The minimum Gasteiger partial charge on any atom is -0.454 e. The minimum atomic E-state index is -0.946. The van der Waals surface area contributed by atoms with E-state index in [0.717, 1.165) is 21.9 Å². The first-order valence-corrected chi connectivity index (χ1v) is 13.4. The summed E-state index contributed by atoms with van der Waals surface area (Å²) >= 11 is 6.09. The number of amides is 2. The third-order valence-corrected chi connectivity index (χ3v) is 8.60. The predicted molar refractivity (Wildman–Crippen MR) is 147 cm³/mol. The van der Waals surface area contributed by atoms with Crippen molar-refractivity contribution < 1.29 is 28.6 Å². The van der Waals surface area contributed by atoms with E-state index in [0.29, 0.717) is 33.5 Å². The van der Waals surface area contributed by atoms with Gasteiger partial charge in [0.2, 0.25) is 18.6 Å². The maximum absolute atomic E-state index is 14.2. The SMILES string of the molecule is O=C1Oc2ccc3ccccc3c2C2=C[C@H](c3ccc4c(c3)OCO4)[C@@H]3C(=O)N(c4ccc(Cl)cc4)C(=O)[C@@H]3[C@@H]12. The van der Waals surface area contributed by atoms with Gasteiger partial charge in [-0.1, -0.05) is 54.1 Å². The Labute approximate surface area is 233 Å². The van der Waals surface area contributed by atoms with Gasteiger partial charge in [-0.25, -0.2) is 4.90 Å². The second-order valence-electron chi connectivity index (χ2n) is 10.4. The second-order valence-corrected chi connectivity index (χ2v) is 10.8. The van der Waals surface area contributed by atoms with Crippen molar-refractivity contribution in [3.63, 3.8) is 0 Å². The van der Waals surface area contributed by atoms with Crippen LogP contribution in [0.2, 0.25) is 5.02 Å². The van der Waals surface area contributed by atoms with Crippen LogP contribution in [0.1, 0.15) is 17.0 Å². The zero-order valence-corrected chi connectivity index (χ0v) is 21.6. The number of hydrogen-bond donors (Lipinski definition) is 0. The van der Waals surface area contributed by atoms with Crippen molar-refractivity contribution in [2.45, 2.75) is 5.92 Å². The van der Waals surface area contributed by atoms with E-state index in [1.54, 1.807) is 30.3 Å². The summed E-state index contributed by atoms with van der Waals surface area (Å²) < 4.78 is 17.0. The molecule has 0 radical (unpaired) electrons. The Balaban J connectivity index is 1.36. The predicted octanol–water partition coefficient (Wildman–Crippen LogP) is 5.74. The lowest BCUT2D eigenvalue weighted by Crippen LogP contribution is -2.42. The molecule has 8 rings (SSSR count). The summed E-state index contributed by atoms with van der Waals surface area (Å²) in [5.41, 5.74) is 2.68. The van der Waals surface area contributed by atoms with Crippen molar-refractivity contribution in [1.82, 2.24) is 0 Å². The van der Waals surface area contributed by atoms with Crippen molar-refractivity contribution in [1.29, 1.82) is 0 Å². The standard InChI is InChI=1S/C32H20ClNO6/c33-18-7-9-19(10-8-18)34-30(35)27-21(17-6-11-23-25(13-17)39-15-38-23)14-22-26-20-4-2-1-3-16(20)5-12-24(26)40-32(37)28(22)29(27)31(34)36/h1-14,21,27-29H,15H2/t21-,27+,28+,29+/m1/s1. The molecular formula is C32H20ClNO6. The van der Waals surface area contributed by atoms with Crippen LogP contribution < -0.4 is 19.1 Å². The largest absolute Gasteiger partial charge is 0.454 e. The first kappa shape index (κ1) is 23.3. The number of rotatable bonds is 2. The number of esters is 1. The summed E-state index contributed by atoms with van der Waals surface area (Å²) in [5, 5.41) is 2.39. The van der Waals surface area contributed by atoms with E-state index >= 15 is 0 Å². The number of allylic oxidation sites excluding steroid dienone is 1. The monoisotopic (exact) mass is 549 g/mol. The number of ether oxygens (including phenoxy) is 3. The maximum Gasteiger partial charge on any atom is 0.319 e. The molecule has 196 valence electrons. The zero-order chi connectivity index (χ0) is 27.1. The number of carbonyl (C=O) groups excluding carboxylic acids is 3. The Hall–Kier alpha value is -4.62. The van der Waals surface area contributed by atoms with Crippen LogP contribution in [0.25, 0.3) is 16.3 Å². The number of halogens is 1. The summed E-state index contributed by atoms with van der Waals surface area (Å²) in [4.78, 5) is 43.1. The van der Waals surface area contributed by atoms with Gasteiger partial charge in [0.1, 0.15) is 5.75 Å². The van der Waals surface area contributed by atoms with E-state index < -0.39 is 35.5 Å². The van der Waals surface area contributed by atoms with E-state index in [4.69, 9.17) is 25.8 Å². The Morgan fingerprint density at radius 3 is 2.38 bits per heavy atom. The molecule has 8 heteroatoms. The second kappa shape index (κ2) is 8.44. The van der Waals surface area contributed by atoms with Crippen molar-refractivity contribution in [2.24, 2.45) is 17.8 Å². The van der Waals surface area contributed by atoms with E-state index in [-0.39, 0.29) is 12.7 Å². The van der Waals surface area contributed by atoms with Gasteiger partial charge in [0.25, 0.3) is 0 Å². The van der Waals surface area contributed by atoms with Gasteiger partial charge in [-0.15, -0.1) is 0 Å². The van der Waals surface area contributed by atoms with E-state index in [1.165, 1.54) is 4.90 Å². The highest BCUT2D eigenvalue weighted by atomic mass is 35.5. The number of nitrogens with zero attached hydrogens (tertiary/aromatic N) is 1. The van der Waals surface area contributed by atoms with Crippen molar-refractivity contribution in [3.8, 4) is 17.2 Å². The van der Waals surface area contributed by atoms with Crippen molar-refractivity contribution in [2.75, 3.05) is 11.7 Å². The molecule has 4 atom stereocenters. The van der Waals surface area contributed by atoms with Gasteiger partial charge in [0.05, 0.1) is 23.4 Å². The number of anilines is 1. The lowest BCUT2D eigenvalue weighted by Gasteiger charge is -2.38. The summed E-state index contributed by atoms with van der Waals surface area (Å²) in [6.45, 7) is 0.117. The Kier molecular flexibility index (Phi) is 4.91. The molecule has 7 nitrogen and oxygen atoms in total. The van der Waals surface area contributed by atoms with E-state index in [2.05, 4.69) is 0 Å². The van der Waals surface area contributed by atoms with Crippen LogP contribution in [0.15, 0.2) is 84.9 Å². The molecule has 1 fully saturated rings. The molecular weight excluding hydrogens is 530 g/mol. The minimum absolute atomic E-state index is 0.117. The normalized spacial score (nSPS) is 24.4. The fourth-order valence-electron chi connectivity index (χ4n) is 6.62. The molecule has 1 aliphatic carbocycles. The first-order valence-electron chi connectivity index (χ1n) is 13.0. The van der Waals surface area contributed by atoms with E-state index in [1.807, 2.05) is 54.6 Å². The van der Waals surface area contributed by atoms with Gasteiger partial charge in [-0.2, -0.15) is 0 Å². The summed E-state index contributed by atoms with van der Waals surface area (Å²) in [6, 6.07) is 23.7. The summed E-state index contributed by atoms with van der Waals surface area (Å²) in [7, 11) is 0. The van der Waals surface area contributed by atoms with Crippen molar-refractivity contribution >= 4 is 51.4 Å². The average molecular weight is 550 g/mol. The molecule has 4 aromatic rings.